The van der Waals surface area contributed by atoms with E-state index in [0.29, 0.717) is 5.82 Å². The Bertz CT molecular complexity index is 906. The maximum Gasteiger partial charge on any atom is 0.319 e. The highest BCUT2D eigenvalue weighted by Crippen LogP contribution is 2.26. The number of urea groups is 1. The Kier molecular flexibility index (Phi) is 4.64. The average molecular weight is 347 g/mol. The number of benzene rings is 2. The van der Waals surface area contributed by atoms with E-state index in [1.807, 2.05) is 48.5 Å². The number of nitrogens with zero attached hydrogens (tertiary/aromatic N) is 3. The maximum absolute atomic E-state index is 12.1. The van der Waals surface area contributed by atoms with Crippen LogP contribution < -0.4 is 15.5 Å². The SMILES string of the molecule is O=C(NCc1nc(N2CCCC2)c2ccccc2n1)Nc1ccccc1. The van der Waals surface area contributed by atoms with E-state index in [0.717, 1.165) is 35.5 Å². The van der Waals surface area contributed by atoms with Gasteiger partial charge in [-0.2, -0.15) is 0 Å². The van der Waals surface area contributed by atoms with Crippen LogP contribution in [0.25, 0.3) is 10.9 Å². The average Bonchev–Trinajstić information content (AvgIpc) is 3.21. The third kappa shape index (κ3) is 3.59. The maximum atomic E-state index is 12.1. The van der Waals surface area contributed by atoms with Gasteiger partial charge in [0.25, 0.3) is 0 Å². The molecule has 132 valence electrons. The molecular formula is C20H21N5O. The molecule has 0 aliphatic carbocycles. The fourth-order valence-corrected chi connectivity index (χ4v) is 3.21. The summed E-state index contributed by atoms with van der Waals surface area (Å²) in [5, 5.41) is 6.70. The molecule has 0 unspecified atom stereocenters. The summed E-state index contributed by atoms with van der Waals surface area (Å²) < 4.78 is 0. The van der Waals surface area contributed by atoms with Crippen LogP contribution in [0.1, 0.15) is 18.7 Å². The van der Waals surface area contributed by atoms with Gasteiger partial charge >= 0.3 is 6.03 Å². The van der Waals surface area contributed by atoms with Crippen molar-refractivity contribution in [1.29, 1.82) is 0 Å². The molecule has 26 heavy (non-hydrogen) atoms. The van der Waals surface area contributed by atoms with Gasteiger partial charge in [-0.1, -0.05) is 30.3 Å². The second-order valence-corrected chi connectivity index (χ2v) is 6.35. The van der Waals surface area contributed by atoms with Gasteiger partial charge in [0.15, 0.2) is 5.82 Å². The number of carbonyl (C=O) groups is 1. The Morgan fingerprint density at radius 2 is 1.69 bits per heavy atom. The number of hydrogen-bond donors (Lipinski definition) is 2. The van der Waals surface area contributed by atoms with Crippen molar-refractivity contribution < 1.29 is 4.79 Å². The Hall–Kier alpha value is -3.15. The largest absolute Gasteiger partial charge is 0.356 e. The molecule has 2 aromatic carbocycles. The number of carbonyl (C=O) groups excluding carboxylic acids is 1. The van der Waals surface area contributed by atoms with Crippen LogP contribution in [-0.4, -0.2) is 29.1 Å². The predicted octanol–water partition coefficient (Wildman–Crippen LogP) is 3.55. The molecule has 3 aromatic rings. The summed E-state index contributed by atoms with van der Waals surface area (Å²) >= 11 is 0. The van der Waals surface area contributed by atoms with Crippen LogP contribution in [0.4, 0.5) is 16.3 Å². The van der Waals surface area contributed by atoms with Crippen molar-refractivity contribution in [3.63, 3.8) is 0 Å². The zero-order chi connectivity index (χ0) is 17.8. The monoisotopic (exact) mass is 347 g/mol. The summed E-state index contributed by atoms with van der Waals surface area (Å²) in [6.45, 7) is 2.31. The Balaban J connectivity index is 1.52. The molecular weight excluding hydrogens is 326 g/mol. The topological polar surface area (TPSA) is 70.2 Å². The summed E-state index contributed by atoms with van der Waals surface area (Å²) in [5.74, 6) is 1.59. The van der Waals surface area contributed by atoms with Crippen LogP contribution >= 0.6 is 0 Å². The highest BCUT2D eigenvalue weighted by atomic mass is 16.2. The lowest BCUT2D eigenvalue weighted by atomic mass is 10.2. The summed E-state index contributed by atoms with van der Waals surface area (Å²) in [6, 6.07) is 17.1. The molecule has 2 N–H and O–H groups in total. The highest BCUT2D eigenvalue weighted by Gasteiger charge is 2.18. The molecule has 0 saturated carbocycles. The van der Waals surface area contributed by atoms with Crippen LogP contribution in [0, 0.1) is 0 Å². The van der Waals surface area contributed by atoms with E-state index in [9.17, 15) is 4.79 Å². The molecule has 6 heteroatoms. The second kappa shape index (κ2) is 7.39. The molecule has 0 spiro atoms. The Morgan fingerprint density at radius 1 is 0.962 bits per heavy atom. The lowest BCUT2D eigenvalue weighted by molar-refractivity contribution is 0.251. The number of hydrogen-bond acceptors (Lipinski definition) is 4. The number of nitrogens with one attached hydrogen (secondary N) is 2. The van der Waals surface area contributed by atoms with Crippen LogP contribution in [0.5, 0.6) is 0 Å². The van der Waals surface area contributed by atoms with E-state index in [4.69, 9.17) is 4.98 Å². The minimum absolute atomic E-state index is 0.268. The molecule has 2 amide bonds. The summed E-state index contributed by atoms with van der Waals surface area (Å²) in [5.41, 5.74) is 1.66. The molecule has 0 radical (unpaired) electrons. The second-order valence-electron chi connectivity index (χ2n) is 6.35. The Morgan fingerprint density at radius 3 is 2.50 bits per heavy atom. The van der Waals surface area contributed by atoms with Crippen molar-refractivity contribution in [2.24, 2.45) is 0 Å². The number of amides is 2. The van der Waals surface area contributed by atoms with Gasteiger partial charge in [0.1, 0.15) is 5.82 Å². The first-order valence-electron chi connectivity index (χ1n) is 8.90. The van der Waals surface area contributed by atoms with Crippen molar-refractivity contribution >= 4 is 28.4 Å². The van der Waals surface area contributed by atoms with Crippen LogP contribution in [0.2, 0.25) is 0 Å². The summed E-state index contributed by atoms with van der Waals surface area (Å²) in [4.78, 5) is 23.7. The fraction of sp³-hybridized carbons (Fsp3) is 0.250. The standard InChI is InChI=1S/C20H21N5O/c26-20(22-15-8-2-1-3-9-15)21-14-18-23-17-11-5-4-10-16(17)19(24-18)25-12-6-7-13-25/h1-5,8-11H,6-7,12-14H2,(H2,21,22,26). The van der Waals surface area contributed by atoms with Gasteiger partial charge in [-0.05, 0) is 37.1 Å². The lowest BCUT2D eigenvalue weighted by Crippen LogP contribution is -2.29. The third-order valence-corrected chi connectivity index (χ3v) is 4.47. The minimum Gasteiger partial charge on any atom is -0.356 e. The molecule has 1 aliphatic rings. The van der Waals surface area contributed by atoms with Gasteiger partial charge in [-0.3, -0.25) is 0 Å². The normalized spacial score (nSPS) is 13.8. The van der Waals surface area contributed by atoms with Crippen molar-refractivity contribution in [2.75, 3.05) is 23.3 Å². The first-order chi connectivity index (χ1) is 12.8. The molecule has 1 aliphatic heterocycles. The van der Waals surface area contributed by atoms with E-state index >= 15 is 0 Å². The van der Waals surface area contributed by atoms with Gasteiger partial charge in [0.05, 0.1) is 12.1 Å². The van der Waals surface area contributed by atoms with Crippen LogP contribution in [-0.2, 0) is 6.54 Å². The Labute approximate surface area is 152 Å². The van der Waals surface area contributed by atoms with Crippen molar-refractivity contribution in [1.82, 2.24) is 15.3 Å². The molecule has 1 fully saturated rings. The first-order valence-corrected chi connectivity index (χ1v) is 8.90. The quantitative estimate of drug-likeness (QED) is 0.757. The molecule has 6 nitrogen and oxygen atoms in total. The van der Waals surface area contributed by atoms with Gasteiger partial charge in [0.2, 0.25) is 0 Å². The number of para-hydroxylation sites is 2. The minimum atomic E-state index is -0.268. The third-order valence-electron chi connectivity index (χ3n) is 4.47. The zero-order valence-electron chi connectivity index (χ0n) is 14.5. The first kappa shape index (κ1) is 16.3. The van der Waals surface area contributed by atoms with E-state index in [1.54, 1.807) is 0 Å². The predicted molar refractivity (Wildman–Crippen MR) is 103 cm³/mol. The summed E-state index contributed by atoms with van der Waals surface area (Å²) in [6.07, 6.45) is 2.37. The molecule has 1 saturated heterocycles. The number of rotatable bonds is 4. The van der Waals surface area contributed by atoms with Crippen molar-refractivity contribution in [2.45, 2.75) is 19.4 Å². The molecule has 1 aromatic heterocycles. The molecule has 0 atom stereocenters. The van der Waals surface area contributed by atoms with Gasteiger partial charge in [0, 0.05) is 24.2 Å². The van der Waals surface area contributed by atoms with E-state index in [2.05, 4.69) is 26.6 Å². The molecule has 4 rings (SSSR count). The van der Waals surface area contributed by atoms with Gasteiger partial charge < -0.3 is 15.5 Å². The van der Waals surface area contributed by atoms with Crippen LogP contribution in [0.3, 0.4) is 0 Å². The molecule has 2 heterocycles. The highest BCUT2D eigenvalue weighted by molar-refractivity contribution is 5.90. The number of aromatic nitrogens is 2. The number of anilines is 2. The zero-order valence-corrected chi connectivity index (χ0v) is 14.5. The van der Waals surface area contributed by atoms with Gasteiger partial charge in [-0.15, -0.1) is 0 Å². The van der Waals surface area contributed by atoms with E-state index < -0.39 is 0 Å². The van der Waals surface area contributed by atoms with E-state index in [1.165, 1.54) is 12.8 Å². The molecule has 0 bridgehead atoms. The number of fused-ring (bicyclic) bond motifs is 1. The lowest BCUT2D eigenvalue weighted by Gasteiger charge is -2.19. The van der Waals surface area contributed by atoms with Gasteiger partial charge in [-0.25, -0.2) is 14.8 Å². The fourth-order valence-electron chi connectivity index (χ4n) is 3.21. The smallest absolute Gasteiger partial charge is 0.319 e. The van der Waals surface area contributed by atoms with E-state index in [-0.39, 0.29) is 12.6 Å². The van der Waals surface area contributed by atoms with Crippen molar-refractivity contribution in [3.05, 3.63) is 60.4 Å². The van der Waals surface area contributed by atoms with Crippen molar-refractivity contribution in [3.8, 4) is 0 Å². The summed E-state index contributed by atoms with van der Waals surface area (Å²) in [7, 11) is 0. The van der Waals surface area contributed by atoms with Crippen LogP contribution in [0.15, 0.2) is 54.6 Å².